The Labute approximate surface area is 122 Å². The molecule has 0 aromatic rings. The van der Waals surface area contributed by atoms with E-state index in [2.05, 4.69) is 10.6 Å². The number of ether oxygens (including phenoxy) is 1. The summed E-state index contributed by atoms with van der Waals surface area (Å²) in [5.41, 5.74) is 0. The van der Waals surface area contributed by atoms with Crippen LogP contribution in [0.25, 0.3) is 0 Å². The predicted octanol–water partition coefficient (Wildman–Crippen LogP) is 0.420. The summed E-state index contributed by atoms with van der Waals surface area (Å²) in [6, 6.07) is -1.68. The van der Waals surface area contributed by atoms with Crippen LogP contribution >= 0.6 is 0 Å². The van der Waals surface area contributed by atoms with Crippen molar-refractivity contribution < 1.29 is 29.3 Å². The zero-order valence-electron chi connectivity index (χ0n) is 11.8. The second-order valence-corrected chi connectivity index (χ2v) is 5.10. The minimum atomic E-state index is -1.18. The number of urea groups is 1. The molecule has 1 aliphatic rings. The summed E-state index contributed by atoms with van der Waals surface area (Å²) in [7, 11) is 0. The normalized spacial score (nSPS) is 15.2. The molecule has 8 heteroatoms. The van der Waals surface area contributed by atoms with Crippen molar-refractivity contribution in [1.29, 1.82) is 0 Å². The van der Waals surface area contributed by atoms with E-state index in [1.807, 2.05) is 0 Å². The molecule has 2 amide bonds. The van der Waals surface area contributed by atoms with Gasteiger partial charge in [-0.3, -0.25) is 4.79 Å². The van der Waals surface area contributed by atoms with Crippen LogP contribution in [0.5, 0.6) is 0 Å². The smallest absolute Gasteiger partial charge is 0.326 e. The van der Waals surface area contributed by atoms with Crippen LogP contribution in [0.2, 0.25) is 0 Å². The predicted molar refractivity (Wildman–Crippen MR) is 73.0 cm³/mol. The topological polar surface area (TPSA) is 125 Å². The molecule has 0 bridgehead atoms. The molecule has 8 nitrogen and oxygen atoms in total. The van der Waals surface area contributed by atoms with E-state index in [1.165, 1.54) is 12.8 Å². The number of hydrogen-bond donors (Lipinski definition) is 4. The molecule has 0 spiro atoms. The van der Waals surface area contributed by atoms with Crippen LogP contribution < -0.4 is 10.6 Å². The summed E-state index contributed by atoms with van der Waals surface area (Å²) in [6.07, 6.45) is 2.54. The van der Waals surface area contributed by atoms with Crippen molar-refractivity contribution in [1.82, 2.24) is 10.6 Å². The lowest BCUT2D eigenvalue weighted by Gasteiger charge is -2.14. The maximum Gasteiger partial charge on any atom is 0.326 e. The Kier molecular flexibility index (Phi) is 7.52. The molecule has 4 N–H and O–H groups in total. The minimum absolute atomic E-state index is 0.0766. The van der Waals surface area contributed by atoms with Gasteiger partial charge in [-0.1, -0.05) is 0 Å². The van der Waals surface area contributed by atoms with Crippen LogP contribution in [0.1, 0.15) is 32.1 Å². The van der Waals surface area contributed by atoms with Crippen molar-refractivity contribution in [2.75, 3.05) is 19.8 Å². The molecular weight excluding hydrogens is 280 g/mol. The first-order valence-corrected chi connectivity index (χ1v) is 7.05. The molecule has 0 aliphatic heterocycles. The summed E-state index contributed by atoms with van der Waals surface area (Å²) >= 11 is 0. The second-order valence-electron chi connectivity index (χ2n) is 5.10. The Morgan fingerprint density at radius 3 is 2.52 bits per heavy atom. The molecule has 0 unspecified atom stereocenters. The first kappa shape index (κ1) is 17.2. The molecule has 1 atom stereocenters. The van der Waals surface area contributed by atoms with Gasteiger partial charge in [-0.15, -0.1) is 0 Å². The van der Waals surface area contributed by atoms with Gasteiger partial charge in [0.1, 0.15) is 6.04 Å². The van der Waals surface area contributed by atoms with Gasteiger partial charge in [0.2, 0.25) is 0 Å². The zero-order chi connectivity index (χ0) is 15.7. The quantitative estimate of drug-likeness (QED) is 0.410. The molecule has 0 heterocycles. The standard InChI is InChI=1S/C13H22N2O6/c16-11(17)3-1-2-10(12(18)19)15-13(20)14-6-7-21-8-9-4-5-9/h9-10H,1-8H2,(H,16,17)(H,18,19)(H2,14,15,20)/t10-/m1/s1. The third-order valence-corrected chi connectivity index (χ3v) is 3.07. The van der Waals surface area contributed by atoms with Crippen molar-refractivity contribution in [3.63, 3.8) is 0 Å². The monoisotopic (exact) mass is 302 g/mol. The third-order valence-electron chi connectivity index (χ3n) is 3.07. The molecule has 120 valence electrons. The highest BCUT2D eigenvalue weighted by Crippen LogP contribution is 2.28. The van der Waals surface area contributed by atoms with Crippen molar-refractivity contribution >= 4 is 18.0 Å². The highest BCUT2D eigenvalue weighted by Gasteiger charge is 2.21. The summed E-state index contributed by atoms with van der Waals surface area (Å²) in [5, 5.41) is 22.3. The molecule has 0 saturated heterocycles. The van der Waals surface area contributed by atoms with E-state index in [-0.39, 0.29) is 19.3 Å². The molecule has 21 heavy (non-hydrogen) atoms. The van der Waals surface area contributed by atoms with Gasteiger partial charge in [0.25, 0.3) is 0 Å². The van der Waals surface area contributed by atoms with Crippen LogP contribution in [0.15, 0.2) is 0 Å². The molecule has 0 aromatic carbocycles. The van der Waals surface area contributed by atoms with Gasteiger partial charge < -0.3 is 25.6 Å². The Bertz CT molecular complexity index is 370. The highest BCUT2D eigenvalue weighted by molar-refractivity contribution is 5.82. The van der Waals surface area contributed by atoms with E-state index in [0.717, 1.165) is 0 Å². The van der Waals surface area contributed by atoms with Gasteiger partial charge >= 0.3 is 18.0 Å². The van der Waals surface area contributed by atoms with Gasteiger partial charge in [-0.25, -0.2) is 9.59 Å². The Morgan fingerprint density at radius 1 is 1.24 bits per heavy atom. The average molecular weight is 302 g/mol. The van der Waals surface area contributed by atoms with Crippen molar-refractivity contribution in [2.24, 2.45) is 5.92 Å². The second kappa shape index (κ2) is 9.17. The summed E-state index contributed by atoms with van der Waals surface area (Å²) in [4.78, 5) is 32.8. The number of amides is 2. The largest absolute Gasteiger partial charge is 0.481 e. The van der Waals surface area contributed by atoms with Crippen molar-refractivity contribution in [2.45, 2.75) is 38.1 Å². The van der Waals surface area contributed by atoms with Crippen molar-refractivity contribution in [3.8, 4) is 0 Å². The van der Waals surface area contributed by atoms with Crippen LogP contribution in [-0.4, -0.2) is 54.0 Å². The van der Waals surface area contributed by atoms with Gasteiger partial charge in [0.15, 0.2) is 0 Å². The zero-order valence-corrected chi connectivity index (χ0v) is 11.8. The summed E-state index contributed by atoms with van der Waals surface area (Å²) < 4.78 is 5.33. The molecule has 0 aromatic heterocycles. The summed E-state index contributed by atoms with van der Waals surface area (Å²) in [5.74, 6) is -1.51. The van der Waals surface area contributed by atoms with E-state index < -0.39 is 24.0 Å². The lowest BCUT2D eigenvalue weighted by Crippen LogP contribution is -2.46. The van der Waals surface area contributed by atoms with E-state index in [4.69, 9.17) is 14.9 Å². The lowest BCUT2D eigenvalue weighted by molar-refractivity contribution is -0.140. The minimum Gasteiger partial charge on any atom is -0.481 e. The fourth-order valence-corrected chi connectivity index (χ4v) is 1.70. The summed E-state index contributed by atoms with van der Waals surface area (Å²) in [6.45, 7) is 1.40. The maximum atomic E-state index is 11.5. The van der Waals surface area contributed by atoms with Crippen molar-refractivity contribution in [3.05, 3.63) is 0 Å². The van der Waals surface area contributed by atoms with Crippen LogP contribution in [0, 0.1) is 5.92 Å². The Hall–Kier alpha value is -1.83. The maximum absolute atomic E-state index is 11.5. The first-order chi connectivity index (χ1) is 9.99. The number of carbonyl (C=O) groups excluding carboxylic acids is 1. The molecule has 1 rings (SSSR count). The highest BCUT2D eigenvalue weighted by atomic mass is 16.5. The van der Waals surface area contributed by atoms with Gasteiger partial charge in [0.05, 0.1) is 6.61 Å². The van der Waals surface area contributed by atoms with E-state index in [9.17, 15) is 14.4 Å². The fourth-order valence-electron chi connectivity index (χ4n) is 1.70. The van der Waals surface area contributed by atoms with Gasteiger partial charge in [-0.2, -0.15) is 0 Å². The SMILES string of the molecule is O=C(O)CCC[C@@H](NC(=O)NCCOCC1CC1)C(=O)O. The van der Waals surface area contributed by atoms with Gasteiger partial charge in [-0.05, 0) is 31.6 Å². The number of hydrogen-bond acceptors (Lipinski definition) is 4. The van der Waals surface area contributed by atoms with Crippen LogP contribution in [0.3, 0.4) is 0 Å². The van der Waals surface area contributed by atoms with E-state index in [1.54, 1.807) is 0 Å². The molecule has 1 saturated carbocycles. The molecule has 0 radical (unpaired) electrons. The Balaban J connectivity index is 2.11. The molecule has 1 aliphatic carbocycles. The molecular formula is C13H22N2O6. The van der Waals surface area contributed by atoms with Crippen LogP contribution in [-0.2, 0) is 14.3 Å². The average Bonchev–Trinajstić information content (AvgIpc) is 3.20. The number of carbonyl (C=O) groups is 3. The van der Waals surface area contributed by atoms with E-state index in [0.29, 0.717) is 25.7 Å². The van der Waals surface area contributed by atoms with Crippen LogP contribution in [0.4, 0.5) is 4.79 Å². The first-order valence-electron chi connectivity index (χ1n) is 7.05. The Morgan fingerprint density at radius 2 is 1.95 bits per heavy atom. The lowest BCUT2D eigenvalue weighted by atomic mass is 10.1. The number of carboxylic acid groups (broad SMARTS) is 2. The number of nitrogens with one attached hydrogen (secondary N) is 2. The number of aliphatic carboxylic acids is 2. The third kappa shape index (κ3) is 8.85. The number of carboxylic acids is 2. The fraction of sp³-hybridized carbons (Fsp3) is 0.769. The number of rotatable bonds is 11. The van der Waals surface area contributed by atoms with E-state index >= 15 is 0 Å². The molecule has 1 fully saturated rings. The van der Waals surface area contributed by atoms with Gasteiger partial charge in [0, 0.05) is 19.6 Å².